The van der Waals surface area contributed by atoms with Crippen LogP contribution in [-0.2, 0) is 19.6 Å². The largest absolute Gasteiger partial charge is 0.465 e. The number of carbonyl (C=O) groups is 2. The molecular weight excluding hydrogens is 332 g/mol. The number of esters is 1. The number of carbonyl (C=O) groups excluding carboxylic acids is 2. The lowest BCUT2D eigenvalue weighted by atomic mass is 9.85. The van der Waals surface area contributed by atoms with E-state index in [9.17, 15) is 18.0 Å². The summed E-state index contributed by atoms with van der Waals surface area (Å²) in [5.74, 6) is -0.618. The Morgan fingerprint density at radius 1 is 1.29 bits per heavy atom. The maximum absolute atomic E-state index is 12.1. The Morgan fingerprint density at radius 2 is 1.96 bits per heavy atom. The zero-order valence-corrected chi connectivity index (χ0v) is 14.6. The van der Waals surface area contributed by atoms with E-state index in [0.29, 0.717) is 0 Å². The van der Waals surface area contributed by atoms with Crippen LogP contribution in [0.4, 0.5) is 5.69 Å². The second kappa shape index (κ2) is 7.65. The SMILES string of the molecule is COC(=O)c1ccccc1N(CCNC(=O)C1CCC1)S(C)(=O)=O. The van der Waals surface area contributed by atoms with E-state index >= 15 is 0 Å². The molecule has 0 unspecified atom stereocenters. The summed E-state index contributed by atoms with van der Waals surface area (Å²) in [4.78, 5) is 23.7. The van der Waals surface area contributed by atoms with Gasteiger partial charge in [0.05, 0.1) is 31.2 Å². The Hall–Kier alpha value is -2.09. The molecule has 1 saturated carbocycles. The Labute approximate surface area is 142 Å². The van der Waals surface area contributed by atoms with E-state index in [2.05, 4.69) is 5.32 Å². The lowest BCUT2D eigenvalue weighted by Crippen LogP contribution is -2.41. The first-order chi connectivity index (χ1) is 11.3. The van der Waals surface area contributed by atoms with Crippen LogP contribution in [0.5, 0.6) is 0 Å². The van der Waals surface area contributed by atoms with E-state index in [0.717, 1.165) is 29.8 Å². The number of methoxy groups -OCH3 is 1. The zero-order valence-electron chi connectivity index (χ0n) is 13.8. The van der Waals surface area contributed by atoms with E-state index in [4.69, 9.17) is 4.74 Å². The molecule has 0 bridgehead atoms. The molecule has 8 heteroatoms. The van der Waals surface area contributed by atoms with Crippen molar-refractivity contribution >= 4 is 27.6 Å². The Morgan fingerprint density at radius 3 is 2.50 bits per heavy atom. The highest BCUT2D eigenvalue weighted by atomic mass is 32.2. The lowest BCUT2D eigenvalue weighted by molar-refractivity contribution is -0.127. The molecule has 0 aliphatic heterocycles. The van der Waals surface area contributed by atoms with Gasteiger partial charge in [0.1, 0.15) is 0 Å². The fourth-order valence-electron chi connectivity index (χ4n) is 2.53. The Balaban J connectivity index is 2.14. The first-order valence-corrected chi connectivity index (χ1v) is 9.62. The molecule has 1 aliphatic rings. The van der Waals surface area contributed by atoms with Crippen molar-refractivity contribution in [3.63, 3.8) is 0 Å². The molecule has 0 aromatic heterocycles. The van der Waals surface area contributed by atoms with Crippen LogP contribution in [0.1, 0.15) is 29.6 Å². The Bertz CT molecular complexity index is 713. The number of nitrogens with zero attached hydrogens (tertiary/aromatic N) is 1. The molecule has 24 heavy (non-hydrogen) atoms. The van der Waals surface area contributed by atoms with Crippen molar-refractivity contribution in [3.05, 3.63) is 29.8 Å². The molecule has 1 aromatic rings. The third-order valence-corrected chi connectivity index (χ3v) is 5.25. The highest BCUT2D eigenvalue weighted by molar-refractivity contribution is 7.92. The molecule has 1 amide bonds. The molecule has 1 aliphatic carbocycles. The molecule has 132 valence electrons. The minimum Gasteiger partial charge on any atom is -0.465 e. The molecule has 0 radical (unpaired) electrons. The second-order valence-electron chi connectivity index (χ2n) is 5.76. The van der Waals surface area contributed by atoms with E-state index in [1.807, 2.05) is 0 Å². The van der Waals surface area contributed by atoms with Crippen molar-refractivity contribution < 1.29 is 22.7 Å². The fourth-order valence-corrected chi connectivity index (χ4v) is 3.47. The van der Waals surface area contributed by atoms with Crippen molar-refractivity contribution in [2.75, 3.05) is 30.8 Å². The molecule has 1 N–H and O–H groups in total. The monoisotopic (exact) mass is 354 g/mol. The number of hydrogen-bond donors (Lipinski definition) is 1. The lowest BCUT2D eigenvalue weighted by Gasteiger charge is -2.26. The maximum atomic E-state index is 12.1. The number of hydrogen-bond acceptors (Lipinski definition) is 5. The van der Waals surface area contributed by atoms with E-state index in [1.165, 1.54) is 13.2 Å². The predicted octanol–water partition coefficient (Wildman–Crippen LogP) is 1.16. The van der Waals surface area contributed by atoms with Gasteiger partial charge in [-0.1, -0.05) is 18.6 Å². The summed E-state index contributed by atoms with van der Waals surface area (Å²) in [6.07, 6.45) is 3.88. The number of benzene rings is 1. The molecule has 0 heterocycles. The van der Waals surface area contributed by atoms with Crippen LogP contribution in [0, 0.1) is 5.92 Å². The molecule has 0 saturated heterocycles. The smallest absolute Gasteiger partial charge is 0.340 e. The van der Waals surface area contributed by atoms with Crippen LogP contribution in [0.25, 0.3) is 0 Å². The number of amides is 1. The fraction of sp³-hybridized carbons (Fsp3) is 0.500. The quantitative estimate of drug-likeness (QED) is 0.742. The van der Waals surface area contributed by atoms with Gasteiger partial charge in [-0.25, -0.2) is 13.2 Å². The van der Waals surface area contributed by atoms with Crippen molar-refractivity contribution in [3.8, 4) is 0 Å². The average molecular weight is 354 g/mol. The van der Waals surface area contributed by atoms with E-state index in [1.54, 1.807) is 18.2 Å². The standard InChI is InChI=1S/C16H22N2O5S/c1-23-16(20)13-8-3-4-9-14(13)18(24(2,21)22)11-10-17-15(19)12-6-5-7-12/h3-4,8-9,12H,5-7,10-11H2,1-2H3,(H,17,19). The maximum Gasteiger partial charge on any atom is 0.340 e. The van der Waals surface area contributed by atoms with Gasteiger partial charge in [-0.3, -0.25) is 9.10 Å². The van der Waals surface area contributed by atoms with Crippen LogP contribution in [0.3, 0.4) is 0 Å². The van der Waals surface area contributed by atoms with Gasteiger partial charge >= 0.3 is 5.97 Å². The normalized spacial score (nSPS) is 14.6. The molecule has 0 spiro atoms. The number of sulfonamides is 1. The van der Waals surface area contributed by atoms with E-state index < -0.39 is 16.0 Å². The van der Waals surface area contributed by atoms with Crippen LogP contribution >= 0.6 is 0 Å². The third kappa shape index (κ3) is 4.25. The van der Waals surface area contributed by atoms with Gasteiger partial charge in [-0.05, 0) is 25.0 Å². The minimum absolute atomic E-state index is 0.0408. The van der Waals surface area contributed by atoms with Crippen molar-refractivity contribution in [2.45, 2.75) is 19.3 Å². The van der Waals surface area contributed by atoms with Gasteiger partial charge < -0.3 is 10.1 Å². The second-order valence-corrected chi connectivity index (χ2v) is 7.67. The number of nitrogens with one attached hydrogen (secondary N) is 1. The average Bonchev–Trinajstić information content (AvgIpc) is 2.48. The summed E-state index contributed by atoms with van der Waals surface area (Å²) in [5.41, 5.74) is 0.403. The van der Waals surface area contributed by atoms with Gasteiger partial charge in [0.25, 0.3) is 0 Å². The summed E-state index contributed by atoms with van der Waals surface area (Å²) in [7, 11) is -2.38. The zero-order chi connectivity index (χ0) is 17.7. The van der Waals surface area contributed by atoms with E-state index in [-0.39, 0.29) is 36.2 Å². The summed E-state index contributed by atoms with van der Waals surface area (Å²) < 4.78 is 30.1. The van der Waals surface area contributed by atoms with Crippen LogP contribution in [0.2, 0.25) is 0 Å². The molecule has 1 aromatic carbocycles. The van der Waals surface area contributed by atoms with Gasteiger partial charge in [0, 0.05) is 12.5 Å². The predicted molar refractivity (Wildman–Crippen MR) is 90.3 cm³/mol. The highest BCUT2D eigenvalue weighted by Crippen LogP contribution is 2.26. The van der Waals surface area contributed by atoms with Gasteiger partial charge in [-0.15, -0.1) is 0 Å². The Kier molecular flexibility index (Phi) is 5.82. The summed E-state index contributed by atoms with van der Waals surface area (Å²) in [6.45, 7) is 0.225. The molecular formula is C16H22N2O5S. The molecule has 1 fully saturated rings. The van der Waals surface area contributed by atoms with Crippen LogP contribution < -0.4 is 9.62 Å². The topological polar surface area (TPSA) is 92.8 Å². The molecule has 7 nitrogen and oxygen atoms in total. The van der Waals surface area contributed by atoms with Gasteiger partial charge in [-0.2, -0.15) is 0 Å². The van der Waals surface area contributed by atoms with Crippen LogP contribution in [0.15, 0.2) is 24.3 Å². The van der Waals surface area contributed by atoms with Crippen molar-refractivity contribution in [1.82, 2.24) is 5.32 Å². The number of para-hydroxylation sites is 1. The molecule has 2 rings (SSSR count). The minimum atomic E-state index is -3.62. The van der Waals surface area contributed by atoms with Crippen LogP contribution in [-0.4, -0.2) is 46.7 Å². The number of ether oxygens (including phenoxy) is 1. The summed E-state index contributed by atoms with van der Waals surface area (Å²) in [6, 6.07) is 6.33. The van der Waals surface area contributed by atoms with Gasteiger partial charge in [0.2, 0.25) is 15.9 Å². The van der Waals surface area contributed by atoms with Crippen molar-refractivity contribution in [2.24, 2.45) is 5.92 Å². The summed E-state index contributed by atoms with van der Waals surface area (Å²) in [5, 5.41) is 2.76. The third-order valence-electron chi connectivity index (χ3n) is 4.07. The first-order valence-electron chi connectivity index (χ1n) is 7.77. The number of rotatable bonds is 7. The van der Waals surface area contributed by atoms with Gasteiger partial charge in [0.15, 0.2) is 0 Å². The molecule has 0 atom stereocenters. The highest BCUT2D eigenvalue weighted by Gasteiger charge is 2.26. The first kappa shape index (κ1) is 18.3. The van der Waals surface area contributed by atoms with Crippen molar-refractivity contribution in [1.29, 1.82) is 0 Å². The number of anilines is 1. The summed E-state index contributed by atoms with van der Waals surface area (Å²) >= 11 is 0.